The van der Waals surface area contributed by atoms with Crippen LogP contribution in [0.1, 0.15) is 24.8 Å². The van der Waals surface area contributed by atoms with E-state index in [9.17, 15) is 4.39 Å². The van der Waals surface area contributed by atoms with Crippen molar-refractivity contribution in [3.8, 4) is 11.5 Å². The van der Waals surface area contributed by atoms with Crippen LogP contribution < -0.4 is 0 Å². The molecule has 112 valence electrons. The summed E-state index contributed by atoms with van der Waals surface area (Å²) in [5.74, 6) is 1.04. The lowest BCUT2D eigenvalue weighted by molar-refractivity contribution is 0.526. The maximum absolute atomic E-state index is 12.9. The Morgan fingerprint density at radius 3 is 2.77 bits per heavy atom. The van der Waals surface area contributed by atoms with Crippen LogP contribution >= 0.6 is 11.8 Å². The van der Waals surface area contributed by atoms with E-state index >= 15 is 0 Å². The van der Waals surface area contributed by atoms with E-state index in [-0.39, 0.29) is 5.82 Å². The molecule has 22 heavy (non-hydrogen) atoms. The van der Waals surface area contributed by atoms with Gasteiger partial charge in [-0.1, -0.05) is 11.8 Å². The molecule has 1 aliphatic rings. The molecule has 1 aromatic carbocycles. The molecule has 3 aromatic rings. The van der Waals surface area contributed by atoms with Gasteiger partial charge in [-0.25, -0.2) is 9.07 Å². The summed E-state index contributed by atoms with van der Waals surface area (Å²) in [5.41, 5.74) is 0.688. The highest BCUT2D eigenvalue weighted by molar-refractivity contribution is 7.98. The van der Waals surface area contributed by atoms with Crippen molar-refractivity contribution >= 4 is 11.8 Å². The molecule has 0 bridgehead atoms. The standard InChI is InChI=1S/C13H11FN6OS/c14-9-3-1-8(2-4-9)12-16-15-11(21-12)7-22-13-17-18-19-20(13)10-5-6-10/h1-4,10H,5-7H2. The largest absolute Gasteiger partial charge is 0.420 e. The van der Waals surface area contributed by atoms with Gasteiger partial charge in [0, 0.05) is 5.56 Å². The molecule has 0 spiro atoms. The highest BCUT2D eigenvalue weighted by atomic mass is 32.2. The Labute approximate surface area is 128 Å². The van der Waals surface area contributed by atoms with Gasteiger partial charge in [-0.15, -0.1) is 15.3 Å². The smallest absolute Gasteiger partial charge is 0.247 e. The molecule has 2 aromatic heterocycles. The Morgan fingerprint density at radius 1 is 1.18 bits per heavy atom. The molecule has 7 nitrogen and oxygen atoms in total. The molecular weight excluding hydrogens is 307 g/mol. The van der Waals surface area contributed by atoms with E-state index in [2.05, 4.69) is 25.7 Å². The predicted octanol–water partition coefficient (Wildman–Crippen LogP) is 2.49. The van der Waals surface area contributed by atoms with E-state index in [0.29, 0.717) is 29.1 Å². The zero-order valence-electron chi connectivity index (χ0n) is 11.4. The number of hydrogen-bond donors (Lipinski definition) is 0. The van der Waals surface area contributed by atoms with Gasteiger partial charge in [0.05, 0.1) is 11.8 Å². The van der Waals surface area contributed by atoms with Crippen LogP contribution in [0.3, 0.4) is 0 Å². The van der Waals surface area contributed by atoms with Crippen LogP contribution in [-0.2, 0) is 5.75 Å². The number of hydrogen-bond acceptors (Lipinski definition) is 7. The number of benzene rings is 1. The lowest BCUT2D eigenvalue weighted by Gasteiger charge is -1.99. The van der Waals surface area contributed by atoms with Crippen LogP contribution in [0.15, 0.2) is 33.8 Å². The van der Waals surface area contributed by atoms with Gasteiger partial charge in [0.1, 0.15) is 5.82 Å². The van der Waals surface area contributed by atoms with Gasteiger partial charge in [-0.05, 0) is 47.5 Å². The average Bonchev–Trinajstić information content (AvgIpc) is 3.09. The first-order chi connectivity index (χ1) is 10.8. The summed E-state index contributed by atoms with van der Waals surface area (Å²) < 4.78 is 20.3. The lowest BCUT2D eigenvalue weighted by atomic mass is 10.2. The topological polar surface area (TPSA) is 82.5 Å². The zero-order valence-corrected chi connectivity index (χ0v) is 12.2. The van der Waals surface area contributed by atoms with E-state index in [0.717, 1.165) is 18.0 Å². The van der Waals surface area contributed by atoms with Crippen LogP contribution in [0.5, 0.6) is 0 Å². The minimum Gasteiger partial charge on any atom is -0.420 e. The van der Waals surface area contributed by atoms with Crippen molar-refractivity contribution in [1.82, 2.24) is 30.4 Å². The summed E-state index contributed by atoms with van der Waals surface area (Å²) in [6.45, 7) is 0. The van der Waals surface area contributed by atoms with Gasteiger partial charge in [0.2, 0.25) is 16.9 Å². The fraction of sp³-hybridized carbons (Fsp3) is 0.308. The normalized spacial score (nSPS) is 14.4. The Balaban J connectivity index is 1.45. The third-order valence-corrected chi connectivity index (χ3v) is 4.16. The van der Waals surface area contributed by atoms with Gasteiger partial charge in [-0.2, -0.15) is 0 Å². The van der Waals surface area contributed by atoms with E-state index in [1.165, 1.54) is 23.9 Å². The molecule has 0 amide bonds. The van der Waals surface area contributed by atoms with Crippen LogP contribution in [0, 0.1) is 5.82 Å². The zero-order chi connectivity index (χ0) is 14.9. The maximum Gasteiger partial charge on any atom is 0.247 e. The van der Waals surface area contributed by atoms with E-state index in [1.807, 2.05) is 4.68 Å². The molecule has 1 saturated carbocycles. The molecule has 2 heterocycles. The third kappa shape index (κ3) is 2.71. The van der Waals surface area contributed by atoms with Crippen molar-refractivity contribution in [2.24, 2.45) is 0 Å². The van der Waals surface area contributed by atoms with Crippen molar-refractivity contribution in [1.29, 1.82) is 0 Å². The van der Waals surface area contributed by atoms with Gasteiger partial charge >= 0.3 is 0 Å². The second-order valence-electron chi connectivity index (χ2n) is 4.93. The average molecular weight is 318 g/mol. The molecule has 0 radical (unpaired) electrons. The van der Waals surface area contributed by atoms with Crippen LogP contribution in [0.2, 0.25) is 0 Å². The SMILES string of the molecule is Fc1ccc(-c2nnc(CSc3nnnn3C3CC3)o2)cc1. The Hall–Kier alpha value is -2.29. The summed E-state index contributed by atoms with van der Waals surface area (Å²) >= 11 is 1.46. The second-order valence-corrected chi connectivity index (χ2v) is 5.88. The van der Waals surface area contributed by atoms with Crippen LogP contribution in [-0.4, -0.2) is 30.4 Å². The highest BCUT2D eigenvalue weighted by Crippen LogP contribution is 2.36. The summed E-state index contributed by atoms with van der Waals surface area (Å²) in [4.78, 5) is 0. The first-order valence-corrected chi connectivity index (χ1v) is 7.77. The second kappa shape index (κ2) is 5.48. The minimum atomic E-state index is -0.300. The number of tetrazole rings is 1. The monoisotopic (exact) mass is 318 g/mol. The highest BCUT2D eigenvalue weighted by Gasteiger charge is 2.28. The van der Waals surface area contributed by atoms with E-state index in [4.69, 9.17) is 4.42 Å². The van der Waals surface area contributed by atoms with Gasteiger partial charge < -0.3 is 4.42 Å². The molecule has 0 unspecified atom stereocenters. The molecule has 0 atom stereocenters. The van der Waals surface area contributed by atoms with Crippen molar-refractivity contribution in [3.05, 3.63) is 36.0 Å². The third-order valence-electron chi connectivity index (χ3n) is 3.24. The molecule has 1 fully saturated rings. The number of nitrogens with zero attached hydrogens (tertiary/aromatic N) is 6. The maximum atomic E-state index is 12.9. The first-order valence-electron chi connectivity index (χ1n) is 6.78. The summed E-state index contributed by atoms with van der Waals surface area (Å²) in [6, 6.07) is 6.35. The lowest BCUT2D eigenvalue weighted by Crippen LogP contribution is -1.98. The molecule has 0 N–H and O–H groups in total. The molecule has 0 saturated heterocycles. The Morgan fingerprint density at radius 2 is 2.00 bits per heavy atom. The van der Waals surface area contributed by atoms with Gasteiger partial charge in [0.15, 0.2) is 0 Å². The predicted molar refractivity (Wildman–Crippen MR) is 75.3 cm³/mol. The Bertz CT molecular complexity index is 782. The number of aromatic nitrogens is 6. The summed E-state index contributed by atoms with van der Waals surface area (Å²) in [6.07, 6.45) is 2.24. The van der Waals surface area contributed by atoms with Gasteiger partial charge in [-0.3, -0.25) is 0 Å². The molecule has 1 aliphatic carbocycles. The van der Waals surface area contributed by atoms with Crippen molar-refractivity contribution in [3.63, 3.8) is 0 Å². The molecule has 4 rings (SSSR count). The molecule has 0 aliphatic heterocycles. The van der Waals surface area contributed by atoms with Crippen LogP contribution in [0.25, 0.3) is 11.5 Å². The van der Waals surface area contributed by atoms with Crippen molar-refractivity contribution < 1.29 is 8.81 Å². The summed E-state index contributed by atoms with van der Waals surface area (Å²) in [5, 5.41) is 20.4. The van der Waals surface area contributed by atoms with Crippen molar-refractivity contribution in [2.75, 3.05) is 0 Å². The fourth-order valence-corrected chi connectivity index (χ4v) is 2.76. The molecule has 9 heteroatoms. The quantitative estimate of drug-likeness (QED) is 0.668. The number of thioether (sulfide) groups is 1. The fourth-order valence-electron chi connectivity index (χ4n) is 1.98. The Kier molecular flexibility index (Phi) is 3.34. The minimum absolute atomic E-state index is 0.300. The summed E-state index contributed by atoms with van der Waals surface area (Å²) in [7, 11) is 0. The van der Waals surface area contributed by atoms with Crippen LogP contribution in [0.4, 0.5) is 4.39 Å². The molecular formula is C13H11FN6OS. The van der Waals surface area contributed by atoms with E-state index < -0.39 is 0 Å². The number of halogens is 1. The van der Waals surface area contributed by atoms with E-state index in [1.54, 1.807) is 12.1 Å². The number of rotatable bonds is 5. The first kappa shape index (κ1) is 13.4. The van der Waals surface area contributed by atoms with Crippen molar-refractivity contribution in [2.45, 2.75) is 29.8 Å². The van der Waals surface area contributed by atoms with Gasteiger partial charge in [0.25, 0.3) is 0 Å².